The number of benzene rings is 1. The van der Waals surface area contributed by atoms with Crippen LogP contribution in [0.5, 0.6) is 0 Å². The maximum atomic E-state index is 11.7. The molecule has 1 rings (SSSR count). The van der Waals surface area contributed by atoms with E-state index in [9.17, 15) is 4.79 Å². The molecule has 1 aromatic carbocycles. The SMILES string of the molecule is CCNCc1cccc(SCC(=O)NC(C)(C)C)c1. The molecule has 0 aromatic heterocycles. The van der Waals surface area contributed by atoms with E-state index < -0.39 is 0 Å². The van der Waals surface area contributed by atoms with E-state index in [0.29, 0.717) is 5.75 Å². The summed E-state index contributed by atoms with van der Waals surface area (Å²) in [5, 5.41) is 6.27. The molecule has 0 aliphatic carbocycles. The third kappa shape index (κ3) is 7.23. The fourth-order valence-corrected chi connectivity index (χ4v) is 2.40. The lowest BCUT2D eigenvalue weighted by Gasteiger charge is -2.20. The van der Waals surface area contributed by atoms with Gasteiger partial charge in [-0.2, -0.15) is 0 Å². The van der Waals surface area contributed by atoms with Crippen LogP contribution in [0, 0.1) is 0 Å². The highest BCUT2D eigenvalue weighted by atomic mass is 32.2. The molecule has 0 spiro atoms. The molecular formula is C15H24N2OS. The van der Waals surface area contributed by atoms with Gasteiger partial charge in [0.05, 0.1) is 5.75 Å². The molecule has 19 heavy (non-hydrogen) atoms. The molecule has 3 nitrogen and oxygen atoms in total. The Morgan fingerprint density at radius 1 is 1.32 bits per heavy atom. The van der Waals surface area contributed by atoms with Crippen molar-refractivity contribution in [1.82, 2.24) is 10.6 Å². The molecule has 4 heteroatoms. The van der Waals surface area contributed by atoms with E-state index in [4.69, 9.17) is 0 Å². The van der Waals surface area contributed by atoms with Crippen molar-refractivity contribution in [3.05, 3.63) is 29.8 Å². The molecule has 0 aliphatic heterocycles. The third-order valence-corrected chi connectivity index (χ3v) is 3.36. The zero-order valence-corrected chi connectivity index (χ0v) is 13.1. The van der Waals surface area contributed by atoms with Gasteiger partial charge in [0, 0.05) is 17.0 Å². The highest BCUT2D eigenvalue weighted by Gasteiger charge is 2.13. The predicted molar refractivity (Wildman–Crippen MR) is 82.4 cm³/mol. The van der Waals surface area contributed by atoms with E-state index in [1.54, 1.807) is 11.8 Å². The lowest BCUT2D eigenvalue weighted by atomic mass is 10.1. The Balaban J connectivity index is 2.46. The number of thioether (sulfide) groups is 1. The smallest absolute Gasteiger partial charge is 0.230 e. The maximum absolute atomic E-state index is 11.7. The number of carbonyl (C=O) groups is 1. The lowest BCUT2D eigenvalue weighted by Crippen LogP contribution is -2.41. The van der Waals surface area contributed by atoms with Crippen molar-refractivity contribution in [3.8, 4) is 0 Å². The van der Waals surface area contributed by atoms with E-state index in [1.807, 2.05) is 32.9 Å². The van der Waals surface area contributed by atoms with Crippen molar-refractivity contribution < 1.29 is 4.79 Å². The summed E-state index contributed by atoms with van der Waals surface area (Å²) in [6, 6.07) is 8.32. The average molecular weight is 280 g/mol. The first-order valence-corrected chi connectivity index (χ1v) is 7.63. The molecule has 1 amide bonds. The molecule has 0 aliphatic rings. The van der Waals surface area contributed by atoms with Crippen LogP contribution in [0.4, 0.5) is 0 Å². The van der Waals surface area contributed by atoms with E-state index in [1.165, 1.54) is 5.56 Å². The summed E-state index contributed by atoms with van der Waals surface area (Å²) in [4.78, 5) is 12.9. The van der Waals surface area contributed by atoms with E-state index in [0.717, 1.165) is 18.0 Å². The Hall–Kier alpha value is -1.00. The quantitative estimate of drug-likeness (QED) is 0.787. The van der Waals surface area contributed by atoms with Crippen LogP contribution in [-0.4, -0.2) is 23.7 Å². The Morgan fingerprint density at radius 2 is 2.05 bits per heavy atom. The molecule has 0 saturated carbocycles. The van der Waals surface area contributed by atoms with Gasteiger partial charge in [-0.15, -0.1) is 11.8 Å². The van der Waals surface area contributed by atoms with Crippen molar-refractivity contribution in [2.75, 3.05) is 12.3 Å². The second-order valence-corrected chi connectivity index (χ2v) is 6.56. The zero-order valence-electron chi connectivity index (χ0n) is 12.2. The molecule has 0 unspecified atom stereocenters. The number of nitrogens with one attached hydrogen (secondary N) is 2. The first-order chi connectivity index (χ1) is 8.90. The summed E-state index contributed by atoms with van der Waals surface area (Å²) in [5.41, 5.74) is 1.09. The number of amides is 1. The van der Waals surface area contributed by atoms with Crippen LogP contribution in [0.2, 0.25) is 0 Å². The number of carbonyl (C=O) groups excluding carboxylic acids is 1. The molecule has 0 fully saturated rings. The zero-order chi connectivity index (χ0) is 14.3. The molecule has 2 N–H and O–H groups in total. The second kappa shape index (κ2) is 7.56. The van der Waals surface area contributed by atoms with Crippen molar-refractivity contribution in [1.29, 1.82) is 0 Å². The van der Waals surface area contributed by atoms with E-state index in [-0.39, 0.29) is 11.4 Å². The first-order valence-electron chi connectivity index (χ1n) is 6.64. The first kappa shape index (κ1) is 16.1. The van der Waals surface area contributed by atoms with Crippen LogP contribution in [0.15, 0.2) is 29.2 Å². The van der Waals surface area contributed by atoms with Gasteiger partial charge >= 0.3 is 0 Å². The Bertz CT molecular complexity index is 413. The van der Waals surface area contributed by atoms with Crippen LogP contribution in [0.25, 0.3) is 0 Å². The molecule has 106 valence electrons. The molecule has 0 atom stereocenters. The van der Waals surface area contributed by atoms with Crippen LogP contribution < -0.4 is 10.6 Å². The van der Waals surface area contributed by atoms with Gasteiger partial charge in [-0.05, 0) is 45.0 Å². The standard InChI is InChI=1S/C15H24N2OS/c1-5-16-10-12-7-6-8-13(9-12)19-11-14(18)17-15(2,3)4/h6-9,16H,5,10-11H2,1-4H3,(H,17,18). The second-order valence-electron chi connectivity index (χ2n) is 5.51. The minimum atomic E-state index is -0.162. The number of hydrogen-bond acceptors (Lipinski definition) is 3. The predicted octanol–water partition coefficient (Wildman–Crippen LogP) is 2.80. The van der Waals surface area contributed by atoms with Gasteiger partial charge in [0.2, 0.25) is 5.91 Å². The lowest BCUT2D eigenvalue weighted by molar-refractivity contribution is -0.119. The summed E-state index contributed by atoms with van der Waals surface area (Å²) >= 11 is 1.58. The Morgan fingerprint density at radius 3 is 2.68 bits per heavy atom. The fourth-order valence-electron chi connectivity index (χ4n) is 1.62. The van der Waals surface area contributed by atoms with Crippen LogP contribution in [0.3, 0.4) is 0 Å². The van der Waals surface area contributed by atoms with Crippen LogP contribution in [-0.2, 0) is 11.3 Å². The molecule has 0 bridgehead atoms. The fraction of sp³-hybridized carbons (Fsp3) is 0.533. The summed E-state index contributed by atoms with van der Waals surface area (Å²) in [7, 11) is 0. The summed E-state index contributed by atoms with van der Waals surface area (Å²) in [6.07, 6.45) is 0. The molecular weight excluding hydrogens is 256 g/mol. The average Bonchev–Trinajstić information content (AvgIpc) is 2.32. The van der Waals surface area contributed by atoms with Crippen LogP contribution >= 0.6 is 11.8 Å². The van der Waals surface area contributed by atoms with Crippen LogP contribution in [0.1, 0.15) is 33.3 Å². The Labute approximate surface area is 120 Å². The largest absolute Gasteiger partial charge is 0.351 e. The molecule has 0 saturated heterocycles. The van der Waals surface area contributed by atoms with Gasteiger partial charge in [-0.3, -0.25) is 4.79 Å². The van der Waals surface area contributed by atoms with Crippen molar-refractivity contribution in [3.63, 3.8) is 0 Å². The number of hydrogen-bond donors (Lipinski definition) is 2. The highest BCUT2D eigenvalue weighted by molar-refractivity contribution is 8.00. The summed E-state index contributed by atoms with van der Waals surface area (Å²) < 4.78 is 0. The van der Waals surface area contributed by atoms with Crippen molar-refractivity contribution in [2.45, 2.75) is 44.7 Å². The van der Waals surface area contributed by atoms with Crippen molar-refractivity contribution >= 4 is 17.7 Å². The monoisotopic (exact) mass is 280 g/mol. The van der Waals surface area contributed by atoms with Gasteiger partial charge in [-0.1, -0.05) is 19.1 Å². The topological polar surface area (TPSA) is 41.1 Å². The third-order valence-electron chi connectivity index (χ3n) is 2.36. The maximum Gasteiger partial charge on any atom is 0.230 e. The highest BCUT2D eigenvalue weighted by Crippen LogP contribution is 2.19. The van der Waals surface area contributed by atoms with Gasteiger partial charge in [0.1, 0.15) is 0 Å². The van der Waals surface area contributed by atoms with E-state index in [2.05, 4.69) is 29.7 Å². The van der Waals surface area contributed by atoms with Gasteiger partial charge < -0.3 is 10.6 Å². The summed E-state index contributed by atoms with van der Waals surface area (Å²) in [5.74, 6) is 0.539. The Kier molecular flexibility index (Phi) is 6.38. The van der Waals surface area contributed by atoms with Gasteiger partial charge in [0.25, 0.3) is 0 Å². The van der Waals surface area contributed by atoms with E-state index >= 15 is 0 Å². The normalized spacial score (nSPS) is 11.4. The minimum Gasteiger partial charge on any atom is -0.351 e. The number of rotatable bonds is 6. The van der Waals surface area contributed by atoms with Gasteiger partial charge in [0.15, 0.2) is 0 Å². The molecule has 1 aromatic rings. The minimum absolute atomic E-state index is 0.0783. The van der Waals surface area contributed by atoms with Crippen molar-refractivity contribution in [2.24, 2.45) is 0 Å². The molecule has 0 radical (unpaired) electrons. The molecule has 0 heterocycles. The summed E-state index contributed by atoms with van der Waals surface area (Å²) in [6.45, 7) is 9.91. The van der Waals surface area contributed by atoms with Gasteiger partial charge in [-0.25, -0.2) is 0 Å².